The van der Waals surface area contributed by atoms with Gasteiger partial charge in [-0.3, -0.25) is 14.9 Å². The van der Waals surface area contributed by atoms with Crippen LogP contribution in [0.15, 0.2) is 22.7 Å². The molecule has 2 rings (SSSR count). The van der Waals surface area contributed by atoms with Crippen LogP contribution in [-0.4, -0.2) is 30.0 Å². The number of non-ortho nitro benzene ring substituents is 1. The van der Waals surface area contributed by atoms with E-state index < -0.39 is 4.92 Å². The number of benzene rings is 1. The third-order valence-corrected chi connectivity index (χ3v) is 4.41. The zero-order valence-corrected chi connectivity index (χ0v) is 14.3. The number of nitro groups is 1. The molecule has 1 unspecified atom stereocenters. The van der Waals surface area contributed by atoms with E-state index in [1.165, 1.54) is 12.1 Å². The summed E-state index contributed by atoms with van der Waals surface area (Å²) in [6, 6.07) is 4.91. The van der Waals surface area contributed by atoms with E-state index >= 15 is 0 Å². The van der Waals surface area contributed by atoms with E-state index in [4.69, 9.17) is 0 Å². The molecule has 0 spiro atoms. The fraction of sp³-hybridized carbons (Fsp3) is 0.533. The predicted octanol–water partition coefficient (Wildman–Crippen LogP) is 3.10. The molecule has 120 valence electrons. The van der Waals surface area contributed by atoms with E-state index in [1.807, 2.05) is 13.8 Å². The van der Waals surface area contributed by atoms with Crippen LogP contribution in [0.2, 0.25) is 0 Å². The minimum absolute atomic E-state index is 0.0264. The highest BCUT2D eigenvalue weighted by Crippen LogP contribution is 2.31. The largest absolute Gasteiger partial charge is 0.369 e. The highest BCUT2D eigenvalue weighted by Gasteiger charge is 2.24. The van der Waals surface area contributed by atoms with Crippen molar-refractivity contribution in [3.63, 3.8) is 0 Å². The van der Waals surface area contributed by atoms with Gasteiger partial charge in [0.2, 0.25) is 5.91 Å². The standard InChI is InChI=1S/C15H20BrN3O3/c1-10(2)15(20)17-11-4-3-7-18(9-11)14-6-5-12(19(21)22)8-13(14)16/h5-6,8,10-11H,3-4,7,9H2,1-2H3,(H,17,20). The number of halogens is 1. The summed E-state index contributed by atoms with van der Waals surface area (Å²) < 4.78 is 0.706. The lowest BCUT2D eigenvalue weighted by Gasteiger charge is -2.35. The quantitative estimate of drug-likeness (QED) is 0.653. The molecule has 22 heavy (non-hydrogen) atoms. The van der Waals surface area contributed by atoms with Crippen molar-refractivity contribution < 1.29 is 9.72 Å². The maximum Gasteiger partial charge on any atom is 0.270 e. The van der Waals surface area contributed by atoms with Crippen LogP contribution in [0.3, 0.4) is 0 Å². The van der Waals surface area contributed by atoms with Gasteiger partial charge < -0.3 is 10.2 Å². The Bertz CT molecular complexity index is 577. The van der Waals surface area contributed by atoms with Crippen LogP contribution in [0.1, 0.15) is 26.7 Å². The average Bonchev–Trinajstić information content (AvgIpc) is 2.47. The molecule has 0 aliphatic carbocycles. The molecule has 1 aliphatic heterocycles. The van der Waals surface area contributed by atoms with Crippen LogP contribution < -0.4 is 10.2 Å². The Balaban J connectivity index is 2.09. The van der Waals surface area contributed by atoms with Crippen LogP contribution in [-0.2, 0) is 4.79 Å². The number of hydrogen-bond donors (Lipinski definition) is 1. The number of amides is 1. The van der Waals surface area contributed by atoms with Gasteiger partial charge in [-0.15, -0.1) is 0 Å². The highest BCUT2D eigenvalue weighted by molar-refractivity contribution is 9.10. The maximum absolute atomic E-state index is 11.8. The molecule has 1 heterocycles. The summed E-state index contributed by atoms with van der Waals surface area (Å²) in [6.07, 6.45) is 1.94. The van der Waals surface area contributed by atoms with E-state index in [-0.39, 0.29) is 23.6 Å². The number of nitrogens with zero attached hydrogens (tertiary/aromatic N) is 2. The SMILES string of the molecule is CC(C)C(=O)NC1CCCN(c2ccc([N+](=O)[O-])cc2Br)C1. The molecular formula is C15H20BrN3O3. The van der Waals surface area contributed by atoms with Crippen molar-refractivity contribution >= 4 is 33.2 Å². The topological polar surface area (TPSA) is 75.5 Å². The minimum Gasteiger partial charge on any atom is -0.369 e. The summed E-state index contributed by atoms with van der Waals surface area (Å²) in [7, 11) is 0. The Labute approximate surface area is 138 Å². The van der Waals surface area contributed by atoms with Gasteiger partial charge in [0.1, 0.15) is 0 Å². The van der Waals surface area contributed by atoms with Crippen LogP contribution in [0, 0.1) is 16.0 Å². The summed E-state index contributed by atoms with van der Waals surface area (Å²) in [6.45, 7) is 5.35. The van der Waals surface area contributed by atoms with Crippen molar-refractivity contribution in [3.05, 3.63) is 32.8 Å². The van der Waals surface area contributed by atoms with Crippen molar-refractivity contribution in [1.29, 1.82) is 0 Å². The van der Waals surface area contributed by atoms with Gasteiger partial charge in [0.25, 0.3) is 5.69 Å². The van der Waals surface area contributed by atoms with E-state index in [0.29, 0.717) is 4.47 Å². The molecule has 1 saturated heterocycles. The summed E-state index contributed by atoms with van der Waals surface area (Å²) in [4.78, 5) is 24.4. The number of anilines is 1. The van der Waals surface area contributed by atoms with Gasteiger partial charge in [-0.25, -0.2) is 0 Å². The molecule has 1 N–H and O–H groups in total. The Kier molecular flexibility index (Phi) is 5.39. The number of hydrogen-bond acceptors (Lipinski definition) is 4. The Morgan fingerprint density at radius 3 is 2.82 bits per heavy atom. The lowest BCUT2D eigenvalue weighted by molar-refractivity contribution is -0.384. The lowest BCUT2D eigenvalue weighted by Crippen LogP contribution is -2.48. The van der Waals surface area contributed by atoms with Crippen molar-refractivity contribution in [2.75, 3.05) is 18.0 Å². The van der Waals surface area contributed by atoms with Gasteiger partial charge in [-0.05, 0) is 34.8 Å². The van der Waals surface area contributed by atoms with Crippen LogP contribution in [0.25, 0.3) is 0 Å². The van der Waals surface area contributed by atoms with Gasteiger partial charge in [0.15, 0.2) is 0 Å². The number of carbonyl (C=O) groups excluding carboxylic acids is 1. The molecule has 1 aromatic rings. The van der Waals surface area contributed by atoms with Gasteiger partial charge >= 0.3 is 0 Å². The molecule has 0 aromatic heterocycles. The van der Waals surface area contributed by atoms with Crippen molar-refractivity contribution in [1.82, 2.24) is 5.32 Å². The maximum atomic E-state index is 11.8. The number of piperidine rings is 1. The molecule has 0 saturated carbocycles. The molecule has 1 aromatic carbocycles. The van der Waals surface area contributed by atoms with Gasteiger partial charge in [-0.2, -0.15) is 0 Å². The summed E-state index contributed by atoms with van der Waals surface area (Å²) in [5.74, 6) is 0.0381. The third kappa shape index (κ3) is 3.97. The Morgan fingerprint density at radius 1 is 1.50 bits per heavy atom. The summed E-state index contributed by atoms with van der Waals surface area (Å²) in [5.41, 5.74) is 0.992. The van der Waals surface area contributed by atoms with E-state index in [9.17, 15) is 14.9 Å². The minimum atomic E-state index is -0.406. The predicted molar refractivity (Wildman–Crippen MR) is 89.0 cm³/mol. The van der Waals surface area contributed by atoms with E-state index in [2.05, 4.69) is 26.1 Å². The van der Waals surface area contributed by atoms with Gasteiger partial charge in [-0.1, -0.05) is 13.8 Å². The first kappa shape index (κ1) is 16.7. The van der Waals surface area contributed by atoms with Crippen LogP contribution in [0.5, 0.6) is 0 Å². The molecule has 7 heteroatoms. The smallest absolute Gasteiger partial charge is 0.270 e. The molecular weight excluding hydrogens is 350 g/mol. The van der Waals surface area contributed by atoms with E-state index in [0.717, 1.165) is 31.6 Å². The second-order valence-corrected chi connectivity index (χ2v) is 6.70. The van der Waals surface area contributed by atoms with Crippen LogP contribution >= 0.6 is 15.9 Å². The third-order valence-electron chi connectivity index (χ3n) is 3.77. The number of rotatable bonds is 4. The Hall–Kier alpha value is -1.63. The first-order valence-electron chi connectivity index (χ1n) is 7.37. The monoisotopic (exact) mass is 369 g/mol. The number of nitro benzene ring substituents is 1. The molecule has 6 nitrogen and oxygen atoms in total. The second-order valence-electron chi connectivity index (χ2n) is 5.84. The van der Waals surface area contributed by atoms with Gasteiger partial charge in [0, 0.05) is 41.7 Å². The van der Waals surface area contributed by atoms with Crippen molar-refractivity contribution in [3.8, 4) is 0 Å². The van der Waals surface area contributed by atoms with Crippen molar-refractivity contribution in [2.45, 2.75) is 32.7 Å². The molecule has 1 atom stereocenters. The summed E-state index contributed by atoms with van der Waals surface area (Å²) >= 11 is 3.41. The first-order valence-corrected chi connectivity index (χ1v) is 8.17. The van der Waals surface area contributed by atoms with Crippen molar-refractivity contribution in [2.24, 2.45) is 5.92 Å². The zero-order chi connectivity index (χ0) is 16.3. The zero-order valence-electron chi connectivity index (χ0n) is 12.7. The summed E-state index contributed by atoms with van der Waals surface area (Å²) in [5, 5.41) is 13.9. The fourth-order valence-electron chi connectivity index (χ4n) is 2.55. The Morgan fingerprint density at radius 2 is 2.23 bits per heavy atom. The number of nitrogens with one attached hydrogen (secondary N) is 1. The van der Waals surface area contributed by atoms with Crippen LogP contribution in [0.4, 0.5) is 11.4 Å². The fourth-order valence-corrected chi connectivity index (χ4v) is 3.16. The highest BCUT2D eigenvalue weighted by atomic mass is 79.9. The molecule has 1 aliphatic rings. The average molecular weight is 370 g/mol. The van der Waals surface area contributed by atoms with E-state index in [1.54, 1.807) is 6.07 Å². The molecule has 1 amide bonds. The second kappa shape index (κ2) is 7.09. The van der Waals surface area contributed by atoms with Gasteiger partial charge in [0.05, 0.1) is 10.6 Å². The molecule has 1 fully saturated rings. The number of carbonyl (C=O) groups is 1. The molecule has 0 bridgehead atoms. The lowest BCUT2D eigenvalue weighted by atomic mass is 10.0. The molecule has 0 radical (unpaired) electrons. The first-order chi connectivity index (χ1) is 10.4. The normalized spacial score (nSPS) is 18.4.